The van der Waals surface area contributed by atoms with Crippen molar-refractivity contribution >= 4 is 57.3 Å². The van der Waals surface area contributed by atoms with Crippen LogP contribution in [0.15, 0.2) is 53.6 Å². The quantitative estimate of drug-likeness (QED) is 0.206. The largest absolute Gasteiger partial charge is 0.465 e. The van der Waals surface area contributed by atoms with Gasteiger partial charge in [0, 0.05) is 31.4 Å². The van der Waals surface area contributed by atoms with E-state index in [4.69, 9.17) is 4.74 Å². The van der Waals surface area contributed by atoms with E-state index in [1.54, 1.807) is 13.1 Å². The molecule has 1 amide bonds. The highest BCUT2D eigenvalue weighted by molar-refractivity contribution is 14.1. The van der Waals surface area contributed by atoms with Gasteiger partial charge >= 0.3 is 5.97 Å². The number of esters is 1. The molecule has 2 N–H and O–H groups in total. The lowest BCUT2D eigenvalue weighted by atomic mass is 10.1. The lowest BCUT2D eigenvalue weighted by Gasteiger charge is -2.07. The maximum Gasteiger partial charge on any atom is 0.325 e. The molecule has 1 aromatic heterocycles. The number of nitrogens with one attached hydrogen (secondary N) is 2. The molecule has 156 valence electrons. The van der Waals surface area contributed by atoms with Crippen LogP contribution < -0.4 is 10.7 Å². The van der Waals surface area contributed by atoms with Crippen LogP contribution in [0.25, 0.3) is 10.9 Å². The van der Waals surface area contributed by atoms with Crippen molar-refractivity contribution in [3.05, 3.63) is 63.4 Å². The second-order valence-electron chi connectivity index (χ2n) is 6.56. The van der Waals surface area contributed by atoms with E-state index in [9.17, 15) is 9.59 Å². The molecule has 2 aromatic carbocycles. The van der Waals surface area contributed by atoms with Gasteiger partial charge in [0.1, 0.15) is 6.54 Å². The molecule has 0 aliphatic carbocycles. The Kier molecular flexibility index (Phi) is 7.45. The number of benzene rings is 2. The fraction of sp³-hybridized carbons (Fsp3) is 0.227. The van der Waals surface area contributed by atoms with E-state index < -0.39 is 0 Å². The predicted molar refractivity (Wildman–Crippen MR) is 127 cm³/mol. The summed E-state index contributed by atoms with van der Waals surface area (Å²) in [6.45, 7) is 4.28. The Bertz CT molecular complexity index is 1070. The normalized spacial score (nSPS) is 11.0. The molecule has 3 rings (SSSR count). The molecule has 30 heavy (non-hydrogen) atoms. The molecule has 0 saturated heterocycles. The zero-order chi connectivity index (χ0) is 21.5. The Labute approximate surface area is 188 Å². The highest BCUT2D eigenvalue weighted by atomic mass is 127. The minimum Gasteiger partial charge on any atom is -0.465 e. The topological polar surface area (TPSA) is 84.7 Å². The minimum atomic E-state index is -0.292. The Morgan fingerprint density at radius 3 is 2.63 bits per heavy atom. The standard InChI is InChI=1S/C22H23IN4O3/c1-3-30-22(29)14-27-15(2)19(18-6-4-5-7-20(18)27)12-25-26-21(28)13-24-17-10-8-16(23)9-11-17/h4-12,24H,3,13-14H2,1-2H3,(H,26,28)/b25-12-. The fourth-order valence-corrected chi connectivity index (χ4v) is 3.48. The van der Waals surface area contributed by atoms with Crippen LogP contribution in [0.2, 0.25) is 0 Å². The van der Waals surface area contributed by atoms with E-state index in [0.717, 1.165) is 31.4 Å². The maximum absolute atomic E-state index is 12.1. The van der Waals surface area contributed by atoms with Crippen molar-refractivity contribution in [2.45, 2.75) is 20.4 Å². The van der Waals surface area contributed by atoms with Crippen LogP contribution in [0.1, 0.15) is 18.2 Å². The molecular weight excluding hydrogens is 495 g/mol. The summed E-state index contributed by atoms with van der Waals surface area (Å²) in [5.41, 5.74) is 6.04. The third-order valence-electron chi connectivity index (χ3n) is 4.55. The van der Waals surface area contributed by atoms with E-state index in [1.807, 2.05) is 60.0 Å². The number of hydrogen-bond acceptors (Lipinski definition) is 5. The number of amides is 1. The number of rotatable bonds is 8. The summed E-state index contributed by atoms with van der Waals surface area (Å²) in [7, 11) is 0. The van der Waals surface area contributed by atoms with Crippen LogP contribution in [-0.4, -0.2) is 35.8 Å². The number of para-hydroxylation sites is 1. The van der Waals surface area contributed by atoms with Gasteiger partial charge < -0.3 is 14.6 Å². The zero-order valence-corrected chi connectivity index (χ0v) is 19.0. The fourth-order valence-electron chi connectivity index (χ4n) is 3.12. The number of hydrogen-bond donors (Lipinski definition) is 2. The average Bonchev–Trinajstić information content (AvgIpc) is 2.99. The smallest absolute Gasteiger partial charge is 0.325 e. The maximum atomic E-state index is 12.1. The number of hydrazone groups is 1. The molecule has 0 fully saturated rings. The number of ether oxygens (including phenoxy) is 1. The zero-order valence-electron chi connectivity index (χ0n) is 16.8. The molecule has 7 nitrogen and oxygen atoms in total. The van der Waals surface area contributed by atoms with Crippen LogP contribution in [0.5, 0.6) is 0 Å². The lowest BCUT2D eigenvalue weighted by molar-refractivity contribution is -0.143. The number of carbonyl (C=O) groups excluding carboxylic acids is 2. The molecular formula is C22H23IN4O3. The summed E-state index contributed by atoms with van der Waals surface area (Å²) < 4.78 is 8.11. The molecule has 1 heterocycles. The van der Waals surface area contributed by atoms with Crippen LogP contribution >= 0.6 is 22.6 Å². The molecule has 0 aliphatic heterocycles. The molecule has 3 aromatic rings. The van der Waals surface area contributed by atoms with Gasteiger partial charge in [0.15, 0.2) is 0 Å². The molecule has 0 saturated carbocycles. The first kappa shape index (κ1) is 21.8. The van der Waals surface area contributed by atoms with E-state index >= 15 is 0 Å². The van der Waals surface area contributed by atoms with Crippen LogP contribution in [0.4, 0.5) is 5.69 Å². The molecule has 0 radical (unpaired) electrons. The third kappa shape index (κ3) is 5.38. The summed E-state index contributed by atoms with van der Waals surface area (Å²) in [6.07, 6.45) is 1.61. The van der Waals surface area contributed by atoms with E-state index in [-0.39, 0.29) is 25.0 Å². The van der Waals surface area contributed by atoms with Gasteiger partial charge in [0.25, 0.3) is 5.91 Å². The number of fused-ring (bicyclic) bond motifs is 1. The number of halogens is 1. The lowest BCUT2D eigenvalue weighted by Crippen LogP contribution is -2.25. The Morgan fingerprint density at radius 1 is 1.17 bits per heavy atom. The molecule has 0 spiro atoms. The number of nitrogens with zero attached hydrogens (tertiary/aromatic N) is 2. The van der Waals surface area contributed by atoms with Gasteiger partial charge in [0.2, 0.25) is 0 Å². The predicted octanol–water partition coefficient (Wildman–Crippen LogP) is 3.68. The first-order valence-electron chi connectivity index (χ1n) is 9.54. The van der Waals surface area contributed by atoms with Gasteiger partial charge in [-0.2, -0.15) is 5.10 Å². The van der Waals surface area contributed by atoms with Crippen molar-refractivity contribution in [3.63, 3.8) is 0 Å². The highest BCUT2D eigenvalue weighted by Gasteiger charge is 2.15. The summed E-state index contributed by atoms with van der Waals surface area (Å²) >= 11 is 2.23. The van der Waals surface area contributed by atoms with Gasteiger partial charge in [-0.05, 0) is 66.8 Å². The second-order valence-corrected chi connectivity index (χ2v) is 7.81. The van der Waals surface area contributed by atoms with Gasteiger partial charge in [-0.15, -0.1) is 0 Å². The number of anilines is 1. The van der Waals surface area contributed by atoms with Crippen molar-refractivity contribution in [2.75, 3.05) is 18.5 Å². The summed E-state index contributed by atoms with van der Waals surface area (Å²) in [5, 5.41) is 8.12. The SMILES string of the molecule is CCOC(=O)Cn1c(C)c(/C=N\NC(=O)CNc2ccc(I)cc2)c2ccccc21. The number of carbonyl (C=O) groups is 2. The van der Waals surface area contributed by atoms with Gasteiger partial charge in [-0.25, -0.2) is 5.43 Å². The van der Waals surface area contributed by atoms with E-state index in [2.05, 4.69) is 38.4 Å². The van der Waals surface area contributed by atoms with Crippen LogP contribution in [0.3, 0.4) is 0 Å². The molecule has 8 heteroatoms. The van der Waals surface area contributed by atoms with E-state index in [1.165, 1.54) is 0 Å². The van der Waals surface area contributed by atoms with Crippen molar-refractivity contribution in [1.82, 2.24) is 9.99 Å². The molecule has 0 atom stereocenters. The Hall–Kier alpha value is -2.88. The molecule has 0 bridgehead atoms. The third-order valence-corrected chi connectivity index (χ3v) is 5.27. The summed E-state index contributed by atoms with van der Waals surface area (Å²) in [6, 6.07) is 15.5. The molecule has 0 aliphatic rings. The number of aromatic nitrogens is 1. The van der Waals surface area contributed by atoms with Gasteiger partial charge in [-0.1, -0.05) is 18.2 Å². The van der Waals surface area contributed by atoms with Crippen molar-refractivity contribution in [3.8, 4) is 0 Å². The van der Waals surface area contributed by atoms with Crippen molar-refractivity contribution in [1.29, 1.82) is 0 Å². The first-order valence-corrected chi connectivity index (χ1v) is 10.6. The van der Waals surface area contributed by atoms with Gasteiger partial charge in [-0.3, -0.25) is 9.59 Å². The second kappa shape index (κ2) is 10.2. The summed E-state index contributed by atoms with van der Waals surface area (Å²) in [4.78, 5) is 24.1. The van der Waals surface area contributed by atoms with Crippen LogP contribution in [0, 0.1) is 10.5 Å². The Morgan fingerprint density at radius 2 is 1.90 bits per heavy atom. The highest BCUT2D eigenvalue weighted by Crippen LogP contribution is 2.24. The van der Waals surface area contributed by atoms with Crippen molar-refractivity contribution in [2.24, 2.45) is 5.10 Å². The average molecular weight is 518 g/mol. The minimum absolute atomic E-state index is 0.113. The van der Waals surface area contributed by atoms with Crippen molar-refractivity contribution < 1.29 is 14.3 Å². The van der Waals surface area contributed by atoms with E-state index in [0.29, 0.717) is 6.61 Å². The van der Waals surface area contributed by atoms with Crippen LogP contribution in [-0.2, 0) is 20.9 Å². The monoisotopic (exact) mass is 518 g/mol. The first-order chi connectivity index (χ1) is 14.5. The summed E-state index contributed by atoms with van der Waals surface area (Å²) in [5.74, 6) is -0.544. The van der Waals surface area contributed by atoms with Gasteiger partial charge in [0.05, 0.1) is 19.4 Å². The molecule has 0 unspecified atom stereocenters. The Balaban J connectivity index is 1.69.